The highest BCUT2D eigenvalue weighted by atomic mass is 127. The molecule has 0 amide bonds. The molecule has 0 aliphatic rings. The fourth-order valence-electron chi connectivity index (χ4n) is 2.21. The highest BCUT2D eigenvalue weighted by Gasteiger charge is 2.27. The minimum Gasteiger partial charge on any atom is -0.463 e. The van der Waals surface area contributed by atoms with E-state index in [1.54, 1.807) is 20.0 Å². The van der Waals surface area contributed by atoms with Crippen LogP contribution < -0.4 is 10.6 Å². The Labute approximate surface area is 158 Å². The van der Waals surface area contributed by atoms with E-state index in [-0.39, 0.29) is 30.5 Å². The van der Waals surface area contributed by atoms with Crippen LogP contribution in [0.2, 0.25) is 0 Å². The van der Waals surface area contributed by atoms with Crippen molar-refractivity contribution in [1.29, 1.82) is 0 Å². The van der Waals surface area contributed by atoms with E-state index in [1.165, 1.54) is 0 Å². The van der Waals surface area contributed by atoms with Crippen LogP contribution in [-0.2, 0) is 12.1 Å². The Hall–Kier alpha value is -1.55. The molecule has 2 aromatic heterocycles. The Kier molecular flexibility index (Phi) is 7.27. The second-order valence-corrected chi connectivity index (χ2v) is 5.77. The van der Waals surface area contributed by atoms with Crippen LogP contribution in [0.5, 0.6) is 0 Å². The molecule has 0 fully saturated rings. The zero-order chi connectivity index (χ0) is 17.0. The molecule has 1 atom stereocenters. The van der Waals surface area contributed by atoms with Crippen molar-refractivity contribution in [3.05, 3.63) is 40.7 Å². The SMILES string of the molecule is CN=C(NCc1c(C)noc1C)NCC(C)(O)c1ccc(C)o1.I. The van der Waals surface area contributed by atoms with E-state index in [2.05, 4.69) is 20.8 Å². The topological polar surface area (TPSA) is 95.8 Å². The molecule has 0 bridgehead atoms. The Balaban J connectivity index is 0.00000288. The van der Waals surface area contributed by atoms with Crippen molar-refractivity contribution in [1.82, 2.24) is 15.8 Å². The van der Waals surface area contributed by atoms with E-state index in [9.17, 15) is 5.11 Å². The smallest absolute Gasteiger partial charge is 0.191 e. The maximum absolute atomic E-state index is 10.5. The van der Waals surface area contributed by atoms with Crippen molar-refractivity contribution in [3.8, 4) is 0 Å². The third kappa shape index (κ3) is 4.97. The summed E-state index contributed by atoms with van der Waals surface area (Å²) in [6.07, 6.45) is 0. The average Bonchev–Trinajstić information content (AvgIpc) is 3.07. The number of aliphatic imine (C=N–C) groups is 1. The molecule has 2 aromatic rings. The number of rotatable bonds is 5. The quantitative estimate of drug-likeness (QED) is 0.370. The predicted octanol–water partition coefficient (Wildman–Crippen LogP) is 2.38. The van der Waals surface area contributed by atoms with Gasteiger partial charge in [-0.25, -0.2) is 0 Å². The van der Waals surface area contributed by atoms with E-state index in [0.29, 0.717) is 18.3 Å². The van der Waals surface area contributed by atoms with Crippen LogP contribution in [0.1, 0.15) is 35.5 Å². The maximum Gasteiger partial charge on any atom is 0.191 e. The lowest BCUT2D eigenvalue weighted by atomic mass is 10.0. The van der Waals surface area contributed by atoms with Gasteiger partial charge < -0.3 is 24.7 Å². The summed E-state index contributed by atoms with van der Waals surface area (Å²) in [6, 6.07) is 3.60. The number of aryl methyl sites for hydroxylation is 3. The van der Waals surface area contributed by atoms with Gasteiger partial charge in [-0.2, -0.15) is 0 Å². The third-order valence-corrected chi connectivity index (χ3v) is 3.71. The number of aliphatic hydroxyl groups is 1. The molecule has 2 rings (SSSR count). The van der Waals surface area contributed by atoms with E-state index >= 15 is 0 Å². The van der Waals surface area contributed by atoms with E-state index < -0.39 is 5.60 Å². The van der Waals surface area contributed by atoms with Gasteiger partial charge in [-0.05, 0) is 39.8 Å². The van der Waals surface area contributed by atoms with Gasteiger partial charge in [-0.3, -0.25) is 4.99 Å². The Morgan fingerprint density at radius 3 is 2.50 bits per heavy atom. The molecule has 0 saturated carbocycles. The van der Waals surface area contributed by atoms with Crippen LogP contribution in [0.4, 0.5) is 0 Å². The van der Waals surface area contributed by atoms with E-state index in [4.69, 9.17) is 8.94 Å². The van der Waals surface area contributed by atoms with Crippen LogP contribution in [0.15, 0.2) is 26.1 Å². The first-order valence-electron chi connectivity index (χ1n) is 7.49. The minimum atomic E-state index is -1.13. The molecule has 0 saturated heterocycles. The molecule has 8 heteroatoms. The monoisotopic (exact) mass is 448 g/mol. The zero-order valence-electron chi connectivity index (χ0n) is 14.6. The van der Waals surface area contributed by atoms with Gasteiger partial charge in [0.1, 0.15) is 22.9 Å². The minimum absolute atomic E-state index is 0. The Morgan fingerprint density at radius 1 is 1.29 bits per heavy atom. The maximum atomic E-state index is 10.5. The lowest BCUT2D eigenvalue weighted by Crippen LogP contribution is -2.44. The predicted molar refractivity (Wildman–Crippen MR) is 103 cm³/mol. The molecule has 3 N–H and O–H groups in total. The van der Waals surface area contributed by atoms with Crippen molar-refractivity contribution in [2.75, 3.05) is 13.6 Å². The molecule has 2 heterocycles. The van der Waals surface area contributed by atoms with Crippen molar-refractivity contribution >= 4 is 29.9 Å². The molecule has 0 spiro atoms. The van der Waals surface area contributed by atoms with Gasteiger partial charge in [-0.15, -0.1) is 24.0 Å². The standard InChI is InChI=1S/C16H24N4O3.HI/c1-10-6-7-14(22-10)16(4,21)9-19-15(17-5)18-8-13-11(2)20-23-12(13)3;/h6-7,21H,8-9H2,1-5H3,(H2,17,18,19);1H. The number of guanidine groups is 1. The molecule has 1 unspecified atom stereocenters. The molecule has 134 valence electrons. The van der Waals surface area contributed by atoms with Gasteiger partial charge in [-0.1, -0.05) is 5.16 Å². The summed E-state index contributed by atoms with van der Waals surface area (Å²) >= 11 is 0. The van der Waals surface area contributed by atoms with E-state index in [1.807, 2.05) is 26.8 Å². The zero-order valence-corrected chi connectivity index (χ0v) is 17.0. The summed E-state index contributed by atoms with van der Waals surface area (Å²) in [4.78, 5) is 4.15. The number of furan rings is 1. The second-order valence-electron chi connectivity index (χ2n) is 5.77. The lowest BCUT2D eigenvalue weighted by Gasteiger charge is -2.22. The van der Waals surface area contributed by atoms with E-state index in [0.717, 1.165) is 22.8 Å². The second kappa shape index (κ2) is 8.52. The largest absolute Gasteiger partial charge is 0.463 e. The average molecular weight is 448 g/mol. The highest BCUT2D eigenvalue weighted by Crippen LogP contribution is 2.21. The van der Waals surface area contributed by atoms with Crippen molar-refractivity contribution in [3.63, 3.8) is 0 Å². The number of hydrogen-bond donors (Lipinski definition) is 3. The first-order chi connectivity index (χ1) is 10.8. The van der Waals surface area contributed by atoms with Crippen LogP contribution in [0.25, 0.3) is 0 Å². The molecule has 7 nitrogen and oxygen atoms in total. The fraction of sp³-hybridized carbons (Fsp3) is 0.500. The molecular weight excluding hydrogens is 423 g/mol. The lowest BCUT2D eigenvalue weighted by molar-refractivity contribution is 0.0378. The first-order valence-corrected chi connectivity index (χ1v) is 7.49. The van der Waals surface area contributed by atoms with Crippen LogP contribution >= 0.6 is 24.0 Å². The van der Waals surface area contributed by atoms with Gasteiger partial charge in [0.15, 0.2) is 5.96 Å². The number of nitrogens with zero attached hydrogens (tertiary/aromatic N) is 2. The van der Waals surface area contributed by atoms with Crippen LogP contribution in [0.3, 0.4) is 0 Å². The van der Waals surface area contributed by atoms with Crippen molar-refractivity contribution < 1.29 is 14.0 Å². The third-order valence-electron chi connectivity index (χ3n) is 3.71. The summed E-state index contributed by atoms with van der Waals surface area (Å²) in [6.45, 7) is 8.12. The molecular formula is C16H25IN4O3. The van der Waals surface area contributed by atoms with Crippen molar-refractivity contribution in [2.24, 2.45) is 4.99 Å². The van der Waals surface area contributed by atoms with Gasteiger partial charge in [0.05, 0.1) is 12.2 Å². The summed E-state index contributed by atoms with van der Waals surface area (Å²) in [5.41, 5.74) is 0.722. The summed E-state index contributed by atoms with van der Waals surface area (Å²) in [5.74, 6) is 2.64. The van der Waals surface area contributed by atoms with Crippen LogP contribution in [0, 0.1) is 20.8 Å². The van der Waals surface area contributed by atoms with Gasteiger partial charge >= 0.3 is 0 Å². The highest BCUT2D eigenvalue weighted by molar-refractivity contribution is 14.0. The Bertz CT molecular complexity index is 672. The molecule has 24 heavy (non-hydrogen) atoms. The molecule has 0 aromatic carbocycles. The van der Waals surface area contributed by atoms with Crippen LogP contribution in [-0.4, -0.2) is 29.8 Å². The molecule has 0 radical (unpaired) electrons. The summed E-state index contributed by atoms with van der Waals surface area (Å²) in [5, 5.41) is 20.7. The first kappa shape index (κ1) is 20.5. The van der Waals surface area contributed by atoms with Gasteiger partial charge in [0.2, 0.25) is 0 Å². The normalized spacial score (nSPS) is 14.0. The van der Waals surface area contributed by atoms with Gasteiger partial charge in [0, 0.05) is 19.2 Å². The fourth-order valence-corrected chi connectivity index (χ4v) is 2.21. The van der Waals surface area contributed by atoms with Gasteiger partial charge in [0.25, 0.3) is 0 Å². The summed E-state index contributed by atoms with van der Waals surface area (Å²) < 4.78 is 10.6. The molecule has 0 aliphatic heterocycles. The van der Waals surface area contributed by atoms with Crippen molar-refractivity contribution in [2.45, 2.75) is 39.8 Å². The number of hydrogen-bond acceptors (Lipinski definition) is 5. The molecule has 0 aliphatic carbocycles. The number of halogens is 1. The number of nitrogens with one attached hydrogen (secondary N) is 2. The summed E-state index contributed by atoms with van der Waals surface area (Å²) in [7, 11) is 1.68. The number of aromatic nitrogens is 1. The Morgan fingerprint density at radius 2 is 2.00 bits per heavy atom.